The van der Waals surface area contributed by atoms with E-state index in [4.69, 9.17) is 0 Å². The molecule has 14 heavy (non-hydrogen) atoms. The van der Waals surface area contributed by atoms with Crippen molar-refractivity contribution in [1.82, 2.24) is 0 Å². The second-order valence-electron chi connectivity index (χ2n) is 3.50. The summed E-state index contributed by atoms with van der Waals surface area (Å²) < 4.78 is 0. The molecule has 0 fully saturated rings. The van der Waals surface area contributed by atoms with Gasteiger partial charge >= 0.3 is 0 Å². The molecule has 0 aliphatic heterocycles. The second kappa shape index (κ2) is 3.67. The van der Waals surface area contributed by atoms with Gasteiger partial charge in [0, 0.05) is 0 Å². The lowest BCUT2D eigenvalue weighted by Gasteiger charge is -2.05. The van der Waals surface area contributed by atoms with Crippen molar-refractivity contribution in [3.05, 3.63) is 53.6 Å². The van der Waals surface area contributed by atoms with E-state index >= 15 is 0 Å². The van der Waals surface area contributed by atoms with Crippen molar-refractivity contribution in [2.24, 2.45) is 0 Å². The fourth-order valence-corrected chi connectivity index (χ4v) is 1.80. The summed E-state index contributed by atoms with van der Waals surface area (Å²) in [4.78, 5) is 0. The molecule has 2 aromatic carbocycles. The van der Waals surface area contributed by atoms with E-state index in [0.717, 1.165) is 0 Å². The van der Waals surface area contributed by atoms with E-state index in [1.54, 1.807) is 0 Å². The Hall–Kier alpha value is -1.56. The molecule has 0 unspecified atom stereocenters. The molecular formula is C14H14. The van der Waals surface area contributed by atoms with Crippen LogP contribution in [0.1, 0.15) is 18.1 Å². The highest BCUT2D eigenvalue weighted by Crippen LogP contribution is 2.22. The third-order valence-corrected chi connectivity index (χ3v) is 2.59. The number of hydrogen-bond donors (Lipinski definition) is 0. The molecule has 70 valence electrons. The van der Waals surface area contributed by atoms with Crippen LogP contribution in [0.3, 0.4) is 0 Å². The molecule has 0 spiro atoms. The van der Waals surface area contributed by atoms with E-state index in [9.17, 15) is 0 Å². The maximum Gasteiger partial charge on any atom is -0.0149 e. The average Bonchev–Trinajstić information content (AvgIpc) is 2.23. The normalized spacial score (nSPS) is 11.3. The first-order valence-electron chi connectivity index (χ1n) is 4.94. The van der Waals surface area contributed by atoms with E-state index in [0.29, 0.717) is 0 Å². The molecule has 0 bridgehead atoms. The summed E-state index contributed by atoms with van der Waals surface area (Å²) in [5, 5.41) is 2.67. The lowest BCUT2D eigenvalue weighted by Crippen LogP contribution is -1.82. The van der Waals surface area contributed by atoms with Crippen molar-refractivity contribution in [3.8, 4) is 0 Å². The summed E-state index contributed by atoms with van der Waals surface area (Å²) in [6.07, 6.45) is 4.23. The van der Waals surface area contributed by atoms with Crippen molar-refractivity contribution in [2.45, 2.75) is 13.8 Å². The summed E-state index contributed by atoms with van der Waals surface area (Å²) in [5.74, 6) is 0. The van der Waals surface area contributed by atoms with Crippen LogP contribution in [0.15, 0.2) is 42.5 Å². The number of aryl methyl sites for hydroxylation is 1. The SMILES string of the molecule is C/C=C\c1ccc2ccccc2c1C. The molecule has 0 aromatic heterocycles. The van der Waals surface area contributed by atoms with Gasteiger partial charge in [0.2, 0.25) is 0 Å². The van der Waals surface area contributed by atoms with Gasteiger partial charge in [-0.1, -0.05) is 48.6 Å². The molecule has 0 N–H and O–H groups in total. The predicted octanol–water partition coefficient (Wildman–Crippen LogP) is 4.18. The molecule has 0 saturated heterocycles. The van der Waals surface area contributed by atoms with Crippen LogP contribution in [0.2, 0.25) is 0 Å². The Morgan fingerprint density at radius 3 is 2.57 bits per heavy atom. The van der Waals surface area contributed by atoms with Gasteiger partial charge in [-0.3, -0.25) is 0 Å². The molecular weight excluding hydrogens is 168 g/mol. The number of benzene rings is 2. The van der Waals surface area contributed by atoms with Gasteiger partial charge < -0.3 is 0 Å². The van der Waals surface area contributed by atoms with E-state index < -0.39 is 0 Å². The van der Waals surface area contributed by atoms with Gasteiger partial charge in [0.1, 0.15) is 0 Å². The van der Waals surface area contributed by atoms with E-state index in [-0.39, 0.29) is 0 Å². The van der Waals surface area contributed by atoms with Crippen LogP contribution in [0.5, 0.6) is 0 Å². The van der Waals surface area contributed by atoms with Crippen molar-refractivity contribution in [1.29, 1.82) is 0 Å². The maximum absolute atomic E-state index is 2.18. The fraction of sp³-hybridized carbons (Fsp3) is 0.143. The zero-order chi connectivity index (χ0) is 9.97. The highest BCUT2D eigenvalue weighted by Gasteiger charge is 1.99. The Labute approximate surface area is 84.9 Å². The van der Waals surface area contributed by atoms with Gasteiger partial charge in [0.25, 0.3) is 0 Å². The average molecular weight is 182 g/mol. The highest BCUT2D eigenvalue weighted by atomic mass is 14.0. The van der Waals surface area contributed by atoms with Crippen LogP contribution < -0.4 is 0 Å². The van der Waals surface area contributed by atoms with Crippen LogP contribution in [-0.2, 0) is 0 Å². The summed E-state index contributed by atoms with van der Waals surface area (Å²) in [5.41, 5.74) is 2.67. The Morgan fingerprint density at radius 2 is 1.79 bits per heavy atom. The number of hydrogen-bond acceptors (Lipinski definition) is 0. The lowest BCUT2D eigenvalue weighted by atomic mass is 10.00. The molecule has 2 rings (SSSR count). The van der Waals surface area contributed by atoms with Gasteiger partial charge in [-0.05, 0) is 35.7 Å². The molecule has 0 amide bonds. The summed E-state index contributed by atoms with van der Waals surface area (Å²) >= 11 is 0. The molecule has 2 aromatic rings. The van der Waals surface area contributed by atoms with Crippen LogP contribution >= 0.6 is 0 Å². The Kier molecular flexibility index (Phi) is 2.36. The quantitative estimate of drug-likeness (QED) is 0.620. The number of rotatable bonds is 1. The van der Waals surface area contributed by atoms with E-state index in [2.05, 4.69) is 62.4 Å². The highest BCUT2D eigenvalue weighted by molar-refractivity contribution is 5.88. The monoisotopic (exact) mass is 182 g/mol. The zero-order valence-electron chi connectivity index (χ0n) is 8.62. The smallest absolute Gasteiger partial charge is 0.0149 e. The van der Waals surface area contributed by atoms with Crippen molar-refractivity contribution in [3.63, 3.8) is 0 Å². The fourth-order valence-electron chi connectivity index (χ4n) is 1.80. The van der Waals surface area contributed by atoms with Gasteiger partial charge in [-0.25, -0.2) is 0 Å². The molecule has 0 aliphatic carbocycles. The molecule has 0 atom stereocenters. The van der Waals surface area contributed by atoms with Crippen LogP contribution in [0, 0.1) is 6.92 Å². The summed E-state index contributed by atoms with van der Waals surface area (Å²) in [7, 11) is 0. The molecule has 0 radical (unpaired) electrons. The van der Waals surface area contributed by atoms with Crippen molar-refractivity contribution in [2.75, 3.05) is 0 Å². The zero-order valence-corrected chi connectivity index (χ0v) is 8.62. The minimum absolute atomic E-state index is 1.31. The van der Waals surface area contributed by atoms with Gasteiger partial charge in [0.05, 0.1) is 0 Å². The molecule has 0 aliphatic rings. The third kappa shape index (κ3) is 1.44. The Balaban J connectivity index is 2.75. The second-order valence-corrected chi connectivity index (χ2v) is 3.50. The topological polar surface area (TPSA) is 0 Å². The molecule has 0 nitrogen and oxygen atoms in total. The van der Waals surface area contributed by atoms with Crippen molar-refractivity contribution >= 4 is 16.8 Å². The number of allylic oxidation sites excluding steroid dienone is 1. The first-order chi connectivity index (χ1) is 6.83. The molecule has 0 heterocycles. The lowest BCUT2D eigenvalue weighted by molar-refractivity contribution is 1.49. The molecule has 0 saturated carbocycles. The minimum atomic E-state index is 1.31. The van der Waals surface area contributed by atoms with Crippen molar-refractivity contribution < 1.29 is 0 Å². The van der Waals surface area contributed by atoms with Crippen LogP contribution in [0.4, 0.5) is 0 Å². The van der Waals surface area contributed by atoms with E-state index in [1.165, 1.54) is 21.9 Å². The maximum atomic E-state index is 2.18. The first kappa shape index (κ1) is 9.01. The first-order valence-corrected chi connectivity index (χ1v) is 4.94. The molecule has 0 heteroatoms. The Bertz CT molecular complexity index is 478. The van der Waals surface area contributed by atoms with Crippen LogP contribution in [0.25, 0.3) is 16.8 Å². The van der Waals surface area contributed by atoms with Gasteiger partial charge in [-0.15, -0.1) is 0 Å². The van der Waals surface area contributed by atoms with Crippen LogP contribution in [-0.4, -0.2) is 0 Å². The van der Waals surface area contributed by atoms with Gasteiger partial charge in [-0.2, -0.15) is 0 Å². The Morgan fingerprint density at radius 1 is 1.00 bits per heavy atom. The summed E-state index contributed by atoms with van der Waals surface area (Å²) in [6.45, 7) is 4.23. The number of fused-ring (bicyclic) bond motifs is 1. The minimum Gasteiger partial charge on any atom is -0.0871 e. The van der Waals surface area contributed by atoms with E-state index in [1.807, 2.05) is 0 Å². The van der Waals surface area contributed by atoms with Gasteiger partial charge in [0.15, 0.2) is 0 Å². The summed E-state index contributed by atoms with van der Waals surface area (Å²) in [6, 6.07) is 12.9. The largest absolute Gasteiger partial charge is 0.0871 e. The standard InChI is InChI=1S/C14H14/c1-3-6-12-9-10-13-7-4-5-8-14(13)11(12)2/h3-10H,1-2H3/b6-3-. The third-order valence-electron chi connectivity index (χ3n) is 2.59. The predicted molar refractivity (Wildman–Crippen MR) is 63.4 cm³/mol.